The van der Waals surface area contributed by atoms with Crippen molar-refractivity contribution < 1.29 is 28.2 Å². The highest BCUT2D eigenvalue weighted by molar-refractivity contribution is 5.83. The van der Waals surface area contributed by atoms with Crippen LogP contribution >= 0.6 is 0 Å². The molecule has 0 bridgehead atoms. The number of hydrogen-bond acceptors (Lipinski definition) is 3. The summed E-state index contributed by atoms with van der Waals surface area (Å²) in [7, 11) is 0. The Morgan fingerprint density at radius 3 is 2.59 bits per heavy atom. The van der Waals surface area contributed by atoms with Crippen LogP contribution in [0.15, 0.2) is 18.2 Å². The van der Waals surface area contributed by atoms with Gasteiger partial charge in [0.25, 0.3) is 0 Å². The number of halogens is 2. The van der Waals surface area contributed by atoms with Crippen LogP contribution in [0.4, 0.5) is 8.78 Å². The number of amides is 1. The van der Waals surface area contributed by atoms with Gasteiger partial charge in [0.1, 0.15) is 18.2 Å². The fourth-order valence-electron chi connectivity index (χ4n) is 2.51. The zero-order chi connectivity index (χ0) is 16.1. The number of carboxylic acid groups (broad SMARTS) is 1. The number of carboxylic acids is 1. The third-order valence-corrected chi connectivity index (χ3v) is 3.61. The van der Waals surface area contributed by atoms with Gasteiger partial charge in [-0.1, -0.05) is 0 Å². The first-order valence-corrected chi connectivity index (χ1v) is 7.00. The van der Waals surface area contributed by atoms with E-state index in [9.17, 15) is 18.4 Å². The Kier molecular flexibility index (Phi) is 5.43. The van der Waals surface area contributed by atoms with E-state index in [1.165, 1.54) is 4.90 Å². The van der Waals surface area contributed by atoms with Gasteiger partial charge in [0, 0.05) is 24.8 Å². The molecule has 1 N–H and O–H groups in total. The topological polar surface area (TPSA) is 66.8 Å². The van der Waals surface area contributed by atoms with Crippen molar-refractivity contribution in [2.75, 3.05) is 19.8 Å². The Bertz CT molecular complexity index is 558. The van der Waals surface area contributed by atoms with E-state index in [2.05, 4.69) is 0 Å². The van der Waals surface area contributed by atoms with Crippen LogP contribution < -0.4 is 0 Å². The number of hydrogen-bond donors (Lipinski definition) is 1. The van der Waals surface area contributed by atoms with Crippen LogP contribution in [0.3, 0.4) is 0 Å². The molecule has 0 aliphatic carbocycles. The average Bonchev–Trinajstić information content (AvgIpc) is 2.49. The van der Waals surface area contributed by atoms with Crippen LogP contribution in [0.1, 0.15) is 18.4 Å². The van der Waals surface area contributed by atoms with Crippen LogP contribution in [-0.4, -0.2) is 47.7 Å². The predicted octanol–water partition coefficient (Wildman–Crippen LogP) is 1.60. The second-order valence-corrected chi connectivity index (χ2v) is 5.17. The Labute approximate surface area is 126 Å². The van der Waals surface area contributed by atoms with Gasteiger partial charge in [-0.3, -0.25) is 9.59 Å². The highest BCUT2D eigenvalue weighted by Gasteiger charge is 2.28. The number of benzene rings is 1. The lowest BCUT2D eigenvalue weighted by atomic mass is 10.0. The summed E-state index contributed by atoms with van der Waals surface area (Å²) in [5.41, 5.74) is -0.0764. The fraction of sp³-hybridized carbons (Fsp3) is 0.467. The largest absolute Gasteiger partial charge is 0.480 e. The maximum Gasteiger partial charge on any atom is 0.323 e. The van der Waals surface area contributed by atoms with Gasteiger partial charge in [0.2, 0.25) is 5.91 Å². The summed E-state index contributed by atoms with van der Waals surface area (Å²) in [4.78, 5) is 24.5. The first-order chi connectivity index (χ1) is 10.5. The lowest BCUT2D eigenvalue weighted by Crippen LogP contribution is -2.46. The molecule has 0 radical (unpaired) electrons. The molecule has 1 amide bonds. The van der Waals surface area contributed by atoms with Crippen molar-refractivity contribution in [3.05, 3.63) is 35.4 Å². The highest BCUT2D eigenvalue weighted by Crippen LogP contribution is 2.17. The molecule has 1 fully saturated rings. The Hall–Kier alpha value is -2.02. The summed E-state index contributed by atoms with van der Waals surface area (Å²) >= 11 is 0. The molecular formula is C15H17F2NO4. The van der Waals surface area contributed by atoms with Crippen molar-refractivity contribution in [3.8, 4) is 0 Å². The fourth-order valence-corrected chi connectivity index (χ4v) is 2.51. The molecule has 1 saturated heterocycles. The van der Waals surface area contributed by atoms with Crippen LogP contribution in [0.5, 0.6) is 0 Å². The molecule has 0 spiro atoms. The van der Waals surface area contributed by atoms with Crippen molar-refractivity contribution in [2.45, 2.75) is 25.3 Å². The number of nitrogens with zero attached hydrogens (tertiary/aromatic N) is 1. The molecule has 0 atom stereocenters. The number of rotatable bonds is 5. The normalized spacial score (nSPS) is 15.5. The summed E-state index contributed by atoms with van der Waals surface area (Å²) in [6, 6.07) is 2.62. The molecule has 0 aromatic heterocycles. The SMILES string of the molecule is O=C(O)CN(C(=O)Cc1cc(F)ccc1F)C1CCOCC1. The summed E-state index contributed by atoms with van der Waals surface area (Å²) in [6.45, 7) is 0.436. The van der Waals surface area contributed by atoms with E-state index in [0.29, 0.717) is 26.1 Å². The summed E-state index contributed by atoms with van der Waals surface area (Å²) in [5, 5.41) is 8.97. The van der Waals surface area contributed by atoms with Gasteiger partial charge in [0.05, 0.1) is 6.42 Å². The third-order valence-electron chi connectivity index (χ3n) is 3.61. The molecule has 1 heterocycles. The molecule has 1 aromatic rings. The molecule has 0 unspecified atom stereocenters. The quantitative estimate of drug-likeness (QED) is 0.896. The second kappa shape index (κ2) is 7.31. The zero-order valence-electron chi connectivity index (χ0n) is 11.9. The highest BCUT2D eigenvalue weighted by atomic mass is 19.1. The number of ether oxygens (including phenoxy) is 1. The minimum atomic E-state index is -1.14. The molecule has 120 valence electrons. The van der Waals surface area contributed by atoms with E-state index in [1.54, 1.807) is 0 Å². The lowest BCUT2D eigenvalue weighted by molar-refractivity contribution is -0.147. The predicted molar refractivity (Wildman–Crippen MR) is 73.3 cm³/mol. The van der Waals surface area contributed by atoms with Crippen molar-refractivity contribution in [1.29, 1.82) is 0 Å². The number of carbonyl (C=O) groups excluding carboxylic acids is 1. The van der Waals surface area contributed by atoms with E-state index < -0.39 is 30.1 Å². The molecule has 1 aliphatic heterocycles. The molecule has 1 aliphatic rings. The van der Waals surface area contributed by atoms with Crippen LogP contribution in [0.25, 0.3) is 0 Å². The first-order valence-electron chi connectivity index (χ1n) is 7.00. The van der Waals surface area contributed by atoms with Gasteiger partial charge in [-0.25, -0.2) is 8.78 Å². The molecular weight excluding hydrogens is 296 g/mol. The minimum Gasteiger partial charge on any atom is -0.480 e. The molecule has 5 nitrogen and oxygen atoms in total. The zero-order valence-corrected chi connectivity index (χ0v) is 11.9. The van der Waals surface area contributed by atoms with Crippen molar-refractivity contribution in [3.63, 3.8) is 0 Å². The Morgan fingerprint density at radius 1 is 1.27 bits per heavy atom. The van der Waals surface area contributed by atoms with Crippen LogP contribution in [0.2, 0.25) is 0 Å². The minimum absolute atomic E-state index is 0.0764. The van der Waals surface area contributed by atoms with Gasteiger partial charge in [0.15, 0.2) is 0 Å². The maximum absolute atomic E-state index is 13.6. The summed E-state index contributed by atoms with van der Waals surface area (Å²) in [5.74, 6) is -2.99. The first kappa shape index (κ1) is 16.4. The third kappa shape index (κ3) is 4.24. The number of carbonyl (C=O) groups is 2. The van der Waals surface area contributed by atoms with Gasteiger partial charge in [-0.05, 0) is 31.0 Å². The maximum atomic E-state index is 13.6. The molecule has 1 aromatic carbocycles. The summed E-state index contributed by atoms with van der Waals surface area (Å²) < 4.78 is 32.0. The van der Waals surface area contributed by atoms with Crippen molar-refractivity contribution in [2.24, 2.45) is 0 Å². The smallest absolute Gasteiger partial charge is 0.323 e. The molecule has 2 rings (SSSR count). The van der Waals surface area contributed by atoms with Crippen LogP contribution in [-0.2, 0) is 20.7 Å². The van der Waals surface area contributed by atoms with Crippen LogP contribution in [0, 0.1) is 11.6 Å². The number of aliphatic carboxylic acids is 1. The van der Waals surface area contributed by atoms with Crippen molar-refractivity contribution >= 4 is 11.9 Å². The monoisotopic (exact) mass is 313 g/mol. The Balaban J connectivity index is 2.13. The molecule has 0 saturated carbocycles. The van der Waals surface area contributed by atoms with Gasteiger partial charge >= 0.3 is 5.97 Å². The van der Waals surface area contributed by atoms with E-state index in [-0.39, 0.29) is 18.0 Å². The van der Waals surface area contributed by atoms with E-state index in [0.717, 1.165) is 18.2 Å². The van der Waals surface area contributed by atoms with Gasteiger partial charge < -0.3 is 14.7 Å². The second-order valence-electron chi connectivity index (χ2n) is 5.17. The molecule has 7 heteroatoms. The summed E-state index contributed by atoms with van der Waals surface area (Å²) in [6.07, 6.45) is 0.698. The Morgan fingerprint density at radius 2 is 1.95 bits per heavy atom. The lowest BCUT2D eigenvalue weighted by Gasteiger charge is -2.33. The van der Waals surface area contributed by atoms with E-state index in [4.69, 9.17) is 9.84 Å². The van der Waals surface area contributed by atoms with E-state index in [1.807, 2.05) is 0 Å². The molecule has 22 heavy (non-hydrogen) atoms. The van der Waals surface area contributed by atoms with Gasteiger partial charge in [-0.15, -0.1) is 0 Å². The standard InChI is InChI=1S/C15H17F2NO4/c16-11-1-2-13(17)10(7-11)8-14(19)18(9-15(20)21)12-3-5-22-6-4-12/h1-2,7,12H,3-6,8-9H2,(H,20,21). The van der Waals surface area contributed by atoms with Crippen molar-refractivity contribution in [1.82, 2.24) is 4.90 Å². The van der Waals surface area contributed by atoms with Gasteiger partial charge in [-0.2, -0.15) is 0 Å². The van der Waals surface area contributed by atoms with E-state index >= 15 is 0 Å². The average molecular weight is 313 g/mol.